The maximum absolute atomic E-state index is 12.1. The number of aromatic nitrogens is 5. The molecule has 178 valence electrons. The second-order valence-electron chi connectivity index (χ2n) is 8.11. The lowest BCUT2D eigenvalue weighted by molar-refractivity contribution is -0.116. The number of hydrogen-bond donors (Lipinski definition) is 1. The van der Waals surface area contributed by atoms with E-state index in [0.717, 1.165) is 51.9 Å². The van der Waals surface area contributed by atoms with Gasteiger partial charge in [0, 0.05) is 45.0 Å². The van der Waals surface area contributed by atoms with Crippen LogP contribution in [0.3, 0.4) is 0 Å². The maximum atomic E-state index is 12.1. The van der Waals surface area contributed by atoms with Crippen LogP contribution in [0.4, 0.5) is 17.8 Å². The summed E-state index contributed by atoms with van der Waals surface area (Å²) in [7, 11) is 0. The Morgan fingerprint density at radius 2 is 1.45 bits per heavy atom. The first-order valence-electron chi connectivity index (χ1n) is 11.8. The molecule has 33 heavy (non-hydrogen) atoms. The van der Waals surface area contributed by atoms with E-state index >= 15 is 0 Å². The Morgan fingerprint density at radius 1 is 0.879 bits per heavy atom. The van der Waals surface area contributed by atoms with Crippen molar-refractivity contribution < 1.29 is 14.3 Å². The molecule has 4 rings (SSSR count). The number of hydrogen-bond acceptors (Lipinski definition) is 10. The van der Waals surface area contributed by atoms with Gasteiger partial charge in [0.2, 0.25) is 23.8 Å². The molecule has 4 heterocycles. The molecule has 0 atom stereocenters. The lowest BCUT2D eigenvalue weighted by Crippen LogP contribution is -2.40. The van der Waals surface area contributed by atoms with E-state index in [4.69, 9.17) is 24.4 Å². The smallest absolute Gasteiger partial charge is 0.230 e. The van der Waals surface area contributed by atoms with E-state index in [1.807, 2.05) is 0 Å². The van der Waals surface area contributed by atoms with Gasteiger partial charge in [-0.3, -0.25) is 10.1 Å². The van der Waals surface area contributed by atoms with Crippen molar-refractivity contribution in [3.05, 3.63) is 12.4 Å². The Hall–Kier alpha value is -2.92. The fourth-order valence-electron chi connectivity index (χ4n) is 3.70. The van der Waals surface area contributed by atoms with Crippen LogP contribution >= 0.6 is 0 Å². The molecular formula is C22H32N8O3. The summed E-state index contributed by atoms with van der Waals surface area (Å²) in [6.45, 7) is 7.63. The van der Waals surface area contributed by atoms with Gasteiger partial charge in [0.05, 0.1) is 32.0 Å². The van der Waals surface area contributed by atoms with Crippen molar-refractivity contribution in [1.29, 1.82) is 0 Å². The topological polar surface area (TPSA) is 118 Å². The van der Waals surface area contributed by atoms with Crippen LogP contribution in [0.2, 0.25) is 0 Å². The molecule has 0 unspecified atom stereocenters. The Morgan fingerprint density at radius 3 is 2.00 bits per heavy atom. The minimum absolute atomic E-state index is 0.0665. The Kier molecular flexibility index (Phi) is 8.31. The van der Waals surface area contributed by atoms with Crippen molar-refractivity contribution in [2.75, 3.05) is 67.7 Å². The minimum atomic E-state index is -0.0665. The van der Waals surface area contributed by atoms with E-state index < -0.39 is 0 Å². The molecule has 0 aliphatic carbocycles. The van der Waals surface area contributed by atoms with Crippen LogP contribution < -0.4 is 15.1 Å². The zero-order valence-electron chi connectivity index (χ0n) is 19.2. The molecule has 2 aliphatic heterocycles. The Balaban J connectivity index is 1.50. The second-order valence-corrected chi connectivity index (χ2v) is 8.11. The Labute approximate surface area is 194 Å². The zero-order valence-corrected chi connectivity index (χ0v) is 19.2. The number of unbranched alkanes of at least 4 members (excludes halogenated alkanes) is 3. The molecule has 2 aromatic rings. The van der Waals surface area contributed by atoms with Crippen molar-refractivity contribution in [3.8, 4) is 11.4 Å². The summed E-state index contributed by atoms with van der Waals surface area (Å²) < 4.78 is 10.9. The molecule has 11 nitrogen and oxygen atoms in total. The zero-order chi connectivity index (χ0) is 22.9. The van der Waals surface area contributed by atoms with Crippen molar-refractivity contribution in [3.63, 3.8) is 0 Å². The molecule has 0 bridgehead atoms. The van der Waals surface area contributed by atoms with Crippen LogP contribution in [-0.4, -0.2) is 83.4 Å². The normalized spacial score (nSPS) is 16.6. The third kappa shape index (κ3) is 6.55. The molecule has 0 aromatic carbocycles. The van der Waals surface area contributed by atoms with Gasteiger partial charge in [0.15, 0.2) is 5.82 Å². The van der Waals surface area contributed by atoms with Gasteiger partial charge >= 0.3 is 0 Å². The van der Waals surface area contributed by atoms with Crippen LogP contribution in [-0.2, 0) is 14.3 Å². The maximum Gasteiger partial charge on any atom is 0.230 e. The average molecular weight is 457 g/mol. The standard InChI is InChI=1S/C22H32N8O3/c1-2-3-4-5-6-18(31)25-20-23-15-17(16-24-20)19-26-21(29-7-11-32-12-8-29)28-22(27-19)30-9-13-33-14-10-30/h15-16H,2-14H2,1H3,(H,23,24,25,31). The summed E-state index contributed by atoms with van der Waals surface area (Å²) in [6.07, 6.45) is 7.97. The van der Waals surface area contributed by atoms with Gasteiger partial charge in [0.1, 0.15) is 0 Å². The number of nitrogens with one attached hydrogen (secondary N) is 1. The first kappa shape index (κ1) is 23.2. The fraction of sp³-hybridized carbons (Fsp3) is 0.636. The van der Waals surface area contributed by atoms with E-state index in [0.29, 0.717) is 56.1 Å². The number of carbonyl (C=O) groups is 1. The predicted molar refractivity (Wildman–Crippen MR) is 124 cm³/mol. The van der Waals surface area contributed by atoms with Crippen LogP contribution in [0, 0.1) is 0 Å². The summed E-state index contributed by atoms with van der Waals surface area (Å²) in [5.74, 6) is 1.97. The molecule has 2 aromatic heterocycles. The van der Waals surface area contributed by atoms with Crippen LogP contribution in [0.25, 0.3) is 11.4 Å². The molecule has 1 amide bonds. The summed E-state index contributed by atoms with van der Waals surface area (Å²) in [4.78, 5) is 39.1. The highest BCUT2D eigenvalue weighted by molar-refractivity contribution is 5.88. The number of carbonyl (C=O) groups excluding carboxylic acids is 1. The van der Waals surface area contributed by atoms with Gasteiger partial charge in [-0.2, -0.15) is 15.0 Å². The minimum Gasteiger partial charge on any atom is -0.378 e. The number of morpholine rings is 2. The van der Waals surface area contributed by atoms with E-state index in [1.165, 1.54) is 0 Å². The first-order chi connectivity index (χ1) is 16.2. The number of amides is 1. The molecule has 2 saturated heterocycles. The van der Waals surface area contributed by atoms with Crippen molar-refractivity contribution in [2.45, 2.75) is 39.0 Å². The highest BCUT2D eigenvalue weighted by atomic mass is 16.5. The van der Waals surface area contributed by atoms with Gasteiger partial charge in [-0.05, 0) is 6.42 Å². The van der Waals surface area contributed by atoms with Crippen LogP contribution in [0.1, 0.15) is 39.0 Å². The Bertz CT molecular complexity index is 863. The van der Waals surface area contributed by atoms with E-state index in [9.17, 15) is 4.79 Å². The lowest BCUT2D eigenvalue weighted by Gasteiger charge is -2.30. The third-order valence-corrected chi connectivity index (χ3v) is 5.62. The summed E-state index contributed by atoms with van der Waals surface area (Å²) >= 11 is 0. The van der Waals surface area contributed by atoms with E-state index in [2.05, 4.69) is 32.0 Å². The molecule has 1 N–H and O–H groups in total. The van der Waals surface area contributed by atoms with Gasteiger partial charge < -0.3 is 19.3 Å². The first-order valence-corrected chi connectivity index (χ1v) is 11.8. The molecule has 11 heteroatoms. The number of rotatable bonds is 9. The van der Waals surface area contributed by atoms with Gasteiger partial charge in [-0.15, -0.1) is 0 Å². The molecule has 0 radical (unpaired) electrons. The highest BCUT2D eigenvalue weighted by Crippen LogP contribution is 2.22. The SMILES string of the molecule is CCCCCCC(=O)Nc1ncc(-c2nc(N3CCOCC3)nc(N3CCOCC3)n2)cn1. The number of ether oxygens (including phenoxy) is 2. The largest absolute Gasteiger partial charge is 0.378 e. The molecule has 2 aliphatic rings. The monoisotopic (exact) mass is 456 g/mol. The number of nitrogens with zero attached hydrogens (tertiary/aromatic N) is 7. The second kappa shape index (κ2) is 11.8. The molecule has 2 fully saturated rings. The van der Waals surface area contributed by atoms with Crippen molar-refractivity contribution >= 4 is 23.8 Å². The van der Waals surface area contributed by atoms with Crippen molar-refractivity contribution in [2.24, 2.45) is 0 Å². The number of anilines is 3. The van der Waals surface area contributed by atoms with Crippen LogP contribution in [0.15, 0.2) is 12.4 Å². The van der Waals surface area contributed by atoms with Gasteiger partial charge in [-0.25, -0.2) is 9.97 Å². The third-order valence-electron chi connectivity index (χ3n) is 5.62. The molecule has 0 saturated carbocycles. The lowest BCUT2D eigenvalue weighted by atomic mass is 10.1. The van der Waals surface area contributed by atoms with Crippen LogP contribution in [0.5, 0.6) is 0 Å². The quantitative estimate of drug-likeness (QED) is 0.561. The summed E-state index contributed by atoms with van der Waals surface area (Å²) in [6, 6.07) is 0. The van der Waals surface area contributed by atoms with E-state index in [-0.39, 0.29) is 11.9 Å². The predicted octanol–water partition coefficient (Wildman–Crippen LogP) is 1.91. The summed E-state index contributed by atoms with van der Waals surface area (Å²) in [5.41, 5.74) is 0.669. The van der Waals surface area contributed by atoms with Crippen molar-refractivity contribution in [1.82, 2.24) is 24.9 Å². The highest BCUT2D eigenvalue weighted by Gasteiger charge is 2.21. The van der Waals surface area contributed by atoms with Gasteiger partial charge in [-0.1, -0.05) is 26.2 Å². The summed E-state index contributed by atoms with van der Waals surface area (Å²) in [5, 5.41) is 2.77. The van der Waals surface area contributed by atoms with E-state index in [1.54, 1.807) is 12.4 Å². The molecule has 0 spiro atoms. The fourth-order valence-corrected chi connectivity index (χ4v) is 3.70. The average Bonchev–Trinajstić information content (AvgIpc) is 2.88. The van der Waals surface area contributed by atoms with Gasteiger partial charge in [0.25, 0.3) is 0 Å². The molecular weight excluding hydrogens is 424 g/mol.